The van der Waals surface area contributed by atoms with Gasteiger partial charge >= 0.3 is 0 Å². The summed E-state index contributed by atoms with van der Waals surface area (Å²) in [6, 6.07) is 1.04. The van der Waals surface area contributed by atoms with E-state index in [1.54, 1.807) is 9.47 Å². The van der Waals surface area contributed by atoms with Crippen LogP contribution in [-0.4, -0.2) is 49.9 Å². The molecule has 10 heteroatoms. The number of hydrogen-bond acceptors (Lipinski definition) is 6. The number of hydrogen-bond donors (Lipinski definition) is 1. The molecule has 0 amide bonds. The average Bonchev–Trinajstić information content (AvgIpc) is 3.36. The highest BCUT2D eigenvalue weighted by Crippen LogP contribution is 2.42. The van der Waals surface area contributed by atoms with E-state index < -0.39 is 32.6 Å². The Bertz CT molecular complexity index is 1190. The Labute approximate surface area is 172 Å². The molecule has 1 unspecified atom stereocenters. The van der Waals surface area contributed by atoms with Crippen LogP contribution >= 0.6 is 11.6 Å². The fourth-order valence-electron chi connectivity index (χ4n) is 3.87. The molecule has 0 bridgehead atoms. The first-order valence-corrected chi connectivity index (χ1v) is 11.8. The van der Waals surface area contributed by atoms with Crippen molar-refractivity contribution in [1.82, 2.24) is 4.57 Å². The average molecular weight is 442 g/mol. The Morgan fingerprint density at radius 3 is 2.59 bits per heavy atom. The Kier molecular flexibility index (Phi) is 4.95. The van der Waals surface area contributed by atoms with Gasteiger partial charge in [0.05, 0.1) is 27.2 Å². The van der Waals surface area contributed by atoms with Gasteiger partial charge in [0.25, 0.3) is 0 Å². The van der Waals surface area contributed by atoms with Crippen molar-refractivity contribution in [3.8, 4) is 0 Å². The minimum Gasteiger partial charge on any atom is -0.366 e. The quantitative estimate of drug-likeness (QED) is 0.711. The van der Waals surface area contributed by atoms with Crippen molar-refractivity contribution in [3.05, 3.63) is 38.9 Å². The van der Waals surface area contributed by atoms with Crippen LogP contribution in [0.2, 0.25) is 5.02 Å². The van der Waals surface area contributed by atoms with Gasteiger partial charge in [-0.25, -0.2) is 12.8 Å². The van der Waals surface area contributed by atoms with Gasteiger partial charge < -0.3 is 15.2 Å². The zero-order valence-corrected chi connectivity index (χ0v) is 17.4. The summed E-state index contributed by atoms with van der Waals surface area (Å²) in [5, 5.41) is 0.0891. The van der Waals surface area contributed by atoms with Crippen LogP contribution in [0.4, 0.5) is 10.1 Å². The third-order valence-corrected chi connectivity index (χ3v) is 6.50. The second kappa shape index (κ2) is 7.07. The van der Waals surface area contributed by atoms with Gasteiger partial charge in [-0.2, -0.15) is 0 Å². The molecule has 2 fully saturated rings. The normalized spacial score (nSPS) is 19.9. The van der Waals surface area contributed by atoms with Gasteiger partial charge in [0.1, 0.15) is 11.6 Å². The van der Waals surface area contributed by atoms with Gasteiger partial charge in [0, 0.05) is 37.6 Å². The number of rotatable bonds is 5. The number of aromatic nitrogens is 1. The van der Waals surface area contributed by atoms with Crippen LogP contribution < -0.4 is 16.1 Å². The third kappa shape index (κ3) is 3.78. The number of sulfone groups is 1. The molecule has 1 aromatic heterocycles. The number of anilines is 1. The molecule has 1 aliphatic heterocycles. The molecule has 29 heavy (non-hydrogen) atoms. The van der Waals surface area contributed by atoms with Crippen molar-refractivity contribution in [2.24, 2.45) is 5.73 Å². The Morgan fingerprint density at radius 2 is 2.03 bits per heavy atom. The van der Waals surface area contributed by atoms with Gasteiger partial charge in [-0.05, 0) is 25.3 Å². The van der Waals surface area contributed by atoms with Gasteiger partial charge in [-0.3, -0.25) is 9.59 Å². The minimum absolute atomic E-state index is 0.0222. The van der Waals surface area contributed by atoms with Crippen molar-refractivity contribution in [1.29, 1.82) is 0 Å². The van der Waals surface area contributed by atoms with Crippen LogP contribution in [0.1, 0.15) is 35.7 Å². The van der Waals surface area contributed by atoms with E-state index in [2.05, 4.69) is 0 Å². The second-order valence-electron chi connectivity index (χ2n) is 7.92. The first-order chi connectivity index (χ1) is 13.6. The zero-order valence-electron chi connectivity index (χ0n) is 15.8. The van der Waals surface area contributed by atoms with Crippen molar-refractivity contribution >= 4 is 43.8 Å². The topological polar surface area (TPSA) is 102 Å². The van der Waals surface area contributed by atoms with Crippen molar-refractivity contribution in [2.45, 2.75) is 31.3 Å². The van der Waals surface area contributed by atoms with Crippen molar-refractivity contribution in [2.75, 3.05) is 30.0 Å². The highest BCUT2D eigenvalue weighted by atomic mass is 35.5. The minimum atomic E-state index is -3.61. The lowest BCUT2D eigenvalue weighted by molar-refractivity contribution is 0.101. The number of pyridine rings is 1. The number of carbonyl (C=O) groups excluding carboxylic acids is 1. The molecule has 2 aliphatic rings. The van der Waals surface area contributed by atoms with Crippen LogP contribution in [0, 0.1) is 5.82 Å². The molecule has 156 valence electrons. The molecular formula is C19H21ClFN3O4S. The molecule has 1 aliphatic carbocycles. The summed E-state index contributed by atoms with van der Waals surface area (Å²) in [5.41, 5.74) is 5.54. The molecule has 2 aromatic rings. The summed E-state index contributed by atoms with van der Waals surface area (Å²) >= 11 is 6.60. The Balaban J connectivity index is 1.95. The summed E-state index contributed by atoms with van der Waals surface area (Å²) in [7, 11) is -3.61. The third-order valence-electron chi connectivity index (χ3n) is 5.36. The van der Waals surface area contributed by atoms with Gasteiger partial charge in [-0.1, -0.05) is 11.6 Å². The standard InChI is InChI=1S/C19H21ClFN3O4S/c1-29(27,28)9-15(25)13-8-24(11-2-3-11)17-12(19(13)26)6-14(21)18(16(17)20)23-5-4-10(22)7-23/h6,8,10-11H,2-5,7,9,22H2,1H3. The van der Waals surface area contributed by atoms with Gasteiger partial charge in [-0.15, -0.1) is 0 Å². The fraction of sp³-hybridized carbons (Fsp3) is 0.474. The number of fused-ring (bicyclic) bond motifs is 1. The van der Waals surface area contributed by atoms with Crippen LogP contribution in [0.5, 0.6) is 0 Å². The smallest absolute Gasteiger partial charge is 0.200 e. The molecule has 0 spiro atoms. The Morgan fingerprint density at radius 1 is 1.34 bits per heavy atom. The molecular weight excluding hydrogens is 421 g/mol. The number of carbonyl (C=O) groups is 1. The van der Waals surface area contributed by atoms with Gasteiger partial charge in [0.2, 0.25) is 0 Å². The van der Waals surface area contributed by atoms with E-state index in [1.807, 2.05) is 0 Å². The molecule has 1 saturated carbocycles. The first kappa shape index (κ1) is 20.3. The molecule has 1 saturated heterocycles. The van der Waals surface area contributed by atoms with E-state index in [1.165, 1.54) is 6.20 Å². The largest absolute Gasteiger partial charge is 0.366 e. The van der Waals surface area contributed by atoms with E-state index in [0.717, 1.165) is 25.2 Å². The molecule has 2 heterocycles. The van der Waals surface area contributed by atoms with E-state index in [4.69, 9.17) is 17.3 Å². The van der Waals surface area contributed by atoms with Crippen LogP contribution in [-0.2, 0) is 9.84 Å². The lowest BCUT2D eigenvalue weighted by Crippen LogP contribution is -2.28. The highest BCUT2D eigenvalue weighted by Gasteiger charge is 2.32. The number of Topliss-reactive ketones (excluding diaryl/α,β-unsaturated/α-hetero) is 1. The Hall–Kier alpha value is -1.97. The van der Waals surface area contributed by atoms with E-state index in [9.17, 15) is 22.4 Å². The fourth-order valence-corrected chi connectivity index (χ4v) is 4.91. The summed E-state index contributed by atoms with van der Waals surface area (Å²) in [4.78, 5) is 27.2. The predicted molar refractivity (Wildman–Crippen MR) is 110 cm³/mol. The maximum absolute atomic E-state index is 15.0. The summed E-state index contributed by atoms with van der Waals surface area (Å²) in [6.07, 6.45) is 4.67. The number of nitrogens with two attached hydrogens (primary N) is 1. The molecule has 1 atom stereocenters. The van der Waals surface area contributed by atoms with Crippen LogP contribution in [0.3, 0.4) is 0 Å². The molecule has 1 aromatic carbocycles. The lowest BCUT2D eigenvalue weighted by Gasteiger charge is -2.23. The van der Waals surface area contributed by atoms with Gasteiger partial charge in [0.15, 0.2) is 21.0 Å². The predicted octanol–water partition coefficient (Wildman–Crippen LogP) is 1.89. The maximum Gasteiger partial charge on any atom is 0.200 e. The maximum atomic E-state index is 15.0. The first-order valence-electron chi connectivity index (χ1n) is 9.35. The van der Waals surface area contributed by atoms with E-state index in [0.29, 0.717) is 25.0 Å². The molecule has 4 rings (SSSR count). The number of benzene rings is 1. The van der Waals surface area contributed by atoms with Crippen molar-refractivity contribution in [3.63, 3.8) is 0 Å². The van der Waals surface area contributed by atoms with E-state index >= 15 is 0 Å². The number of halogens is 2. The molecule has 2 N–H and O–H groups in total. The summed E-state index contributed by atoms with van der Waals surface area (Å²) in [5.74, 6) is -2.25. The summed E-state index contributed by atoms with van der Waals surface area (Å²) < 4.78 is 39.8. The van der Waals surface area contributed by atoms with E-state index in [-0.39, 0.29) is 33.7 Å². The van der Waals surface area contributed by atoms with Crippen LogP contribution in [0.15, 0.2) is 17.1 Å². The summed E-state index contributed by atoms with van der Waals surface area (Å²) in [6.45, 7) is 1.02. The molecule has 7 nitrogen and oxygen atoms in total. The number of ketones is 1. The van der Waals surface area contributed by atoms with Crippen molar-refractivity contribution < 1.29 is 17.6 Å². The lowest BCUT2D eigenvalue weighted by atomic mass is 10.1. The second-order valence-corrected chi connectivity index (χ2v) is 10.4. The highest BCUT2D eigenvalue weighted by molar-refractivity contribution is 7.91. The SMILES string of the molecule is CS(=O)(=O)CC(=O)c1cn(C2CC2)c2c(Cl)c(N3CCC(N)C3)c(F)cc2c1=O. The van der Waals surface area contributed by atoms with Crippen LogP contribution in [0.25, 0.3) is 10.9 Å². The monoisotopic (exact) mass is 441 g/mol. The zero-order chi connectivity index (χ0) is 21.1. The molecule has 0 radical (unpaired) electrons. The number of nitrogens with zero attached hydrogens (tertiary/aromatic N) is 2.